The van der Waals surface area contributed by atoms with Crippen LogP contribution in [0.15, 0.2) is 24.3 Å². The lowest BCUT2D eigenvalue weighted by molar-refractivity contribution is -0.117. The fourth-order valence-electron chi connectivity index (χ4n) is 1.98. The van der Waals surface area contributed by atoms with E-state index in [9.17, 15) is 4.79 Å². The summed E-state index contributed by atoms with van der Waals surface area (Å²) >= 11 is 4.94. The molecule has 116 valence electrons. The monoisotopic (exact) mass is 307 g/mol. The molecule has 0 fully saturated rings. The number of amides is 1. The van der Waals surface area contributed by atoms with Gasteiger partial charge < -0.3 is 11.1 Å². The summed E-state index contributed by atoms with van der Waals surface area (Å²) in [4.78, 5) is 14.5. The third kappa shape index (κ3) is 5.44. The zero-order chi connectivity index (χ0) is 16.2. The van der Waals surface area contributed by atoms with E-state index in [2.05, 4.69) is 33.0 Å². The summed E-state index contributed by atoms with van der Waals surface area (Å²) in [6.45, 7) is 8.96. The lowest BCUT2D eigenvalue weighted by Crippen LogP contribution is -2.43. The van der Waals surface area contributed by atoms with Crippen LogP contribution in [0, 0.1) is 5.41 Å². The molecule has 1 amide bonds. The van der Waals surface area contributed by atoms with Crippen LogP contribution in [-0.2, 0) is 4.79 Å². The number of thiocarbonyl (C=S) groups is 1. The Hall–Kier alpha value is -1.46. The smallest absolute Gasteiger partial charge is 0.238 e. The maximum atomic E-state index is 12.1. The van der Waals surface area contributed by atoms with Gasteiger partial charge in [-0.2, -0.15) is 0 Å². The van der Waals surface area contributed by atoms with Crippen molar-refractivity contribution in [3.63, 3.8) is 0 Å². The maximum absolute atomic E-state index is 12.1. The number of benzene rings is 1. The second-order valence-corrected chi connectivity index (χ2v) is 6.89. The van der Waals surface area contributed by atoms with Crippen molar-refractivity contribution in [3.8, 4) is 0 Å². The molecule has 1 aromatic rings. The van der Waals surface area contributed by atoms with E-state index in [0.29, 0.717) is 23.3 Å². The van der Waals surface area contributed by atoms with E-state index in [4.69, 9.17) is 18.0 Å². The molecule has 1 unspecified atom stereocenters. The largest absolute Gasteiger partial charge is 0.389 e. The Bertz CT molecular complexity index is 522. The number of carbonyl (C=O) groups is 1. The first-order valence-electron chi connectivity index (χ1n) is 7.01. The quantitative estimate of drug-likeness (QED) is 0.821. The Labute approximate surface area is 132 Å². The highest BCUT2D eigenvalue weighted by Gasteiger charge is 2.24. The molecule has 5 heteroatoms. The van der Waals surface area contributed by atoms with Crippen LogP contribution < -0.4 is 11.1 Å². The van der Waals surface area contributed by atoms with Gasteiger partial charge in [0.15, 0.2) is 0 Å². The summed E-state index contributed by atoms with van der Waals surface area (Å²) in [5.41, 5.74) is 7.18. The van der Waals surface area contributed by atoms with Crippen LogP contribution in [0.5, 0.6) is 0 Å². The fourth-order valence-corrected chi connectivity index (χ4v) is 2.10. The molecule has 0 saturated carbocycles. The van der Waals surface area contributed by atoms with Crippen LogP contribution >= 0.6 is 12.2 Å². The standard InChI is InChI=1S/C16H25N3OS/c1-11(16(2,3)4)19(5)10-14(20)18-13-8-6-7-12(9-13)15(17)21/h6-9,11H,10H2,1-5H3,(H2,17,21)(H,18,20). The number of rotatable bonds is 5. The fraction of sp³-hybridized carbons (Fsp3) is 0.500. The number of nitrogens with two attached hydrogens (primary N) is 1. The number of hydrogen-bond donors (Lipinski definition) is 2. The van der Waals surface area contributed by atoms with Crippen molar-refractivity contribution >= 4 is 28.8 Å². The molecule has 1 rings (SSSR count). The minimum absolute atomic E-state index is 0.0475. The van der Waals surface area contributed by atoms with Gasteiger partial charge in [-0.1, -0.05) is 45.1 Å². The highest BCUT2D eigenvalue weighted by Crippen LogP contribution is 2.22. The van der Waals surface area contributed by atoms with Crippen molar-refractivity contribution in [2.45, 2.75) is 33.7 Å². The van der Waals surface area contributed by atoms with Crippen LogP contribution in [0.3, 0.4) is 0 Å². The third-order valence-corrected chi connectivity index (χ3v) is 3.97. The molecule has 0 aliphatic rings. The van der Waals surface area contributed by atoms with Gasteiger partial charge in [-0.15, -0.1) is 0 Å². The number of nitrogens with one attached hydrogen (secondary N) is 1. The average Bonchev–Trinajstić information content (AvgIpc) is 2.36. The summed E-state index contributed by atoms with van der Waals surface area (Å²) in [7, 11) is 1.96. The summed E-state index contributed by atoms with van der Waals surface area (Å²) in [6, 6.07) is 7.56. The van der Waals surface area contributed by atoms with Gasteiger partial charge in [0.25, 0.3) is 0 Å². The summed E-state index contributed by atoms with van der Waals surface area (Å²) in [5.74, 6) is -0.0475. The molecule has 0 saturated heterocycles. The van der Waals surface area contributed by atoms with E-state index >= 15 is 0 Å². The first-order valence-corrected chi connectivity index (χ1v) is 7.42. The Morgan fingerprint density at radius 2 is 2.05 bits per heavy atom. The second kappa shape index (κ2) is 7.00. The van der Waals surface area contributed by atoms with E-state index in [1.54, 1.807) is 6.07 Å². The summed E-state index contributed by atoms with van der Waals surface area (Å²) in [6.07, 6.45) is 0. The summed E-state index contributed by atoms with van der Waals surface area (Å²) < 4.78 is 0. The van der Waals surface area contributed by atoms with Crippen LogP contribution in [0.25, 0.3) is 0 Å². The molecule has 3 N–H and O–H groups in total. The Balaban J connectivity index is 2.66. The van der Waals surface area contributed by atoms with Crippen molar-refractivity contribution in [1.29, 1.82) is 0 Å². The Kier molecular flexibility index (Phi) is 5.87. The van der Waals surface area contributed by atoms with Gasteiger partial charge in [-0.25, -0.2) is 0 Å². The van der Waals surface area contributed by atoms with Crippen LogP contribution in [0.1, 0.15) is 33.3 Å². The van der Waals surface area contributed by atoms with Gasteiger partial charge in [-0.05, 0) is 31.5 Å². The molecule has 0 aromatic heterocycles. The van der Waals surface area contributed by atoms with Gasteiger partial charge in [0.1, 0.15) is 4.99 Å². The first kappa shape index (κ1) is 17.6. The van der Waals surface area contributed by atoms with Gasteiger partial charge in [0, 0.05) is 17.3 Å². The number of likely N-dealkylation sites (N-methyl/N-ethyl adjacent to an activating group) is 1. The van der Waals surface area contributed by atoms with Crippen molar-refractivity contribution in [2.24, 2.45) is 11.1 Å². The van der Waals surface area contributed by atoms with E-state index in [1.165, 1.54) is 0 Å². The van der Waals surface area contributed by atoms with Gasteiger partial charge in [-0.3, -0.25) is 9.69 Å². The number of hydrogen-bond acceptors (Lipinski definition) is 3. The molecule has 0 heterocycles. The highest BCUT2D eigenvalue weighted by atomic mass is 32.1. The minimum atomic E-state index is -0.0475. The van der Waals surface area contributed by atoms with E-state index in [0.717, 1.165) is 5.56 Å². The zero-order valence-corrected chi connectivity index (χ0v) is 14.3. The molecule has 4 nitrogen and oxygen atoms in total. The van der Waals surface area contributed by atoms with Crippen molar-refractivity contribution in [2.75, 3.05) is 18.9 Å². The predicted octanol–water partition coefficient (Wildman–Crippen LogP) is 2.63. The number of carbonyl (C=O) groups excluding carboxylic acids is 1. The molecule has 0 aliphatic heterocycles. The summed E-state index contributed by atoms with van der Waals surface area (Å²) in [5, 5.41) is 2.88. The van der Waals surface area contributed by atoms with Crippen molar-refractivity contribution in [3.05, 3.63) is 29.8 Å². The lowest BCUT2D eigenvalue weighted by Gasteiger charge is -2.34. The van der Waals surface area contributed by atoms with Crippen LogP contribution in [0.4, 0.5) is 5.69 Å². The molecule has 0 spiro atoms. The van der Waals surface area contributed by atoms with E-state index in [-0.39, 0.29) is 11.3 Å². The Morgan fingerprint density at radius 1 is 1.43 bits per heavy atom. The maximum Gasteiger partial charge on any atom is 0.238 e. The normalized spacial score (nSPS) is 13.0. The minimum Gasteiger partial charge on any atom is -0.389 e. The second-order valence-electron chi connectivity index (χ2n) is 6.45. The van der Waals surface area contributed by atoms with Crippen LogP contribution in [-0.4, -0.2) is 35.4 Å². The zero-order valence-electron chi connectivity index (χ0n) is 13.4. The number of nitrogens with zero attached hydrogens (tertiary/aromatic N) is 1. The van der Waals surface area contributed by atoms with Crippen molar-refractivity contribution in [1.82, 2.24) is 4.90 Å². The SMILES string of the molecule is CC(N(C)CC(=O)Nc1cccc(C(N)=S)c1)C(C)(C)C. The molecule has 0 radical (unpaired) electrons. The van der Waals surface area contributed by atoms with Gasteiger partial charge in [0.05, 0.1) is 6.54 Å². The molecule has 0 bridgehead atoms. The lowest BCUT2D eigenvalue weighted by atomic mass is 9.87. The molecule has 1 aromatic carbocycles. The Morgan fingerprint density at radius 3 is 2.57 bits per heavy atom. The molecular formula is C16H25N3OS. The van der Waals surface area contributed by atoms with Gasteiger partial charge in [0.2, 0.25) is 5.91 Å². The van der Waals surface area contributed by atoms with E-state index < -0.39 is 0 Å². The highest BCUT2D eigenvalue weighted by molar-refractivity contribution is 7.80. The molecular weight excluding hydrogens is 282 g/mol. The third-order valence-electron chi connectivity index (χ3n) is 3.74. The first-order chi connectivity index (χ1) is 9.61. The molecule has 0 aliphatic carbocycles. The van der Waals surface area contributed by atoms with Crippen molar-refractivity contribution < 1.29 is 4.79 Å². The average molecular weight is 307 g/mol. The molecule has 21 heavy (non-hydrogen) atoms. The van der Waals surface area contributed by atoms with Crippen LogP contribution in [0.2, 0.25) is 0 Å². The topological polar surface area (TPSA) is 58.4 Å². The van der Waals surface area contributed by atoms with E-state index in [1.807, 2.05) is 30.1 Å². The number of anilines is 1. The van der Waals surface area contributed by atoms with Gasteiger partial charge >= 0.3 is 0 Å². The predicted molar refractivity (Wildman–Crippen MR) is 92.5 cm³/mol. The molecule has 1 atom stereocenters.